The van der Waals surface area contributed by atoms with Crippen molar-refractivity contribution in [3.05, 3.63) is 17.5 Å². The first kappa shape index (κ1) is 12.1. The lowest BCUT2D eigenvalue weighted by atomic mass is 9.89. The number of carbonyl (C=O) groups excluding carboxylic acids is 1. The topological polar surface area (TPSA) is 56.2 Å². The first-order valence-corrected chi connectivity index (χ1v) is 5.94. The Hall–Kier alpha value is -1.36. The predicted octanol–water partition coefficient (Wildman–Crippen LogP) is 0.978. The van der Waals surface area contributed by atoms with Gasteiger partial charge < -0.3 is 10.1 Å². The van der Waals surface area contributed by atoms with Crippen LogP contribution in [-0.4, -0.2) is 35.4 Å². The van der Waals surface area contributed by atoms with E-state index in [1.54, 1.807) is 4.68 Å². The van der Waals surface area contributed by atoms with Crippen molar-refractivity contribution in [2.24, 2.45) is 5.41 Å². The van der Waals surface area contributed by atoms with Gasteiger partial charge in [0.1, 0.15) is 5.69 Å². The lowest BCUT2D eigenvalue weighted by molar-refractivity contribution is -0.0978. The molecule has 5 heteroatoms. The van der Waals surface area contributed by atoms with Gasteiger partial charge in [-0.05, 0) is 19.9 Å². The summed E-state index contributed by atoms with van der Waals surface area (Å²) < 4.78 is 6.88. The van der Waals surface area contributed by atoms with E-state index >= 15 is 0 Å². The van der Waals surface area contributed by atoms with Gasteiger partial charge in [-0.2, -0.15) is 5.10 Å². The van der Waals surface area contributed by atoms with Gasteiger partial charge in [-0.15, -0.1) is 0 Å². The molecule has 1 N–H and O–H groups in total. The lowest BCUT2D eigenvalue weighted by Gasteiger charge is -2.37. The predicted molar refractivity (Wildman–Crippen MR) is 63.9 cm³/mol. The monoisotopic (exact) mass is 237 g/mol. The Morgan fingerprint density at radius 2 is 2.35 bits per heavy atom. The average Bonchev–Trinajstić information content (AvgIpc) is 2.64. The minimum Gasteiger partial charge on any atom is -0.380 e. The van der Waals surface area contributed by atoms with Crippen molar-refractivity contribution in [2.45, 2.75) is 27.3 Å². The summed E-state index contributed by atoms with van der Waals surface area (Å²) in [5, 5.41) is 7.21. The molecule has 2 rings (SSSR count). The molecule has 1 amide bonds. The van der Waals surface area contributed by atoms with E-state index in [4.69, 9.17) is 4.74 Å². The van der Waals surface area contributed by atoms with E-state index in [0.29, 0.717) is 18.8 Å². The van der Waals surface area contributed by atoms with Crippen molar-refractivity contribution in [1.82, 2.24) is 15.1 Å². The molecule has 5 nitrogen and oxygen atoms in total. The van der Waals surface area contributed by atoms with Crippen molar-refractivity contribution in [3.63, 3.8) is 0 Å². The molecule has 0 aliphatic carbocycles. The summed E-state index contributed by atoms with van der Waals surface area (Å²) in [6, 6.07) is 1.82. The highest BCUT2D eigenvalue weighted by Crippen LogP contribution is 2.25. The third kappa shape index (κ3) is 2.49. The van der Waals surface area contributed by atoms with E-state index in [-0.39, 0.29) is 11.3 Å². The molecule has 1 aliphatic rings. The molecule has 0 radical (unpaired) electrons. The number of aromatic nitrogens is 2. The van der Waals surface area contributed by atoms with Gasteiger partial charge in [-0.1, -0.05) is 6.92 Å². The Labute approximate surface area is 101 Å². The van der Waals surface area contributed by atoms with Crippen LogP contribution in [0.4, 0.5) is 0 Å². The fraction of sp³-hybridized carbons (Fsp3) is 0.667. The number of ether oxygens (including phenoxy) is 1. The molecule has 1 aliphatic heterocycles. The van der Waals surface area contributed by atoms with Crippen LogP contribution in [0.25, 0.3) is 0 Å². The third-order valence-electron chi connectivity index (χ3n) is 3.01. The normalized spacial score (nSPS) is 17.6. The minimum absolute atomic E-state index is 0.0550. The minimum atomic E-state index is -0.0550. The molecule has 0 unspecified atom stereocenters. The van der Waals surface area contributed by atoms with Gasteiger partial charge >= 0.3 is 0 Å². The molecule has 0 aromatic carbocycles. The molecule has 1 aromatic heterocycles. The van der Waals surface area contributed by atoms with Gasteiger partial charge in [0, 0.05) is 18.5 Å². The molecular formula is C12H19N3O2. The fourth-order valence-corrected chi connectivity index (χ4v) is 1.91. The number of nitrogens with one attached hydrogen (secondary N) is 1. The van der Waals surface area contributed by atoms with Crippen LogP contribution in [0.2, 0.25) is 0 Å². The van der Waals surface area contributed by atoms with Gasteiger partial charge in [0.05, 0.1) is 18.9 Å². The highest BCUT2D eigenvalue weighted by Gasteiger charge is 2.33. The second-order valence-electron chi connectivity index (χ2n) is 4.97. The molecule has 1 saturated heterocycles. The number of rotatable bonds is 4. The Balaban J connectivity index is 1.99. The Morgan fingerprint density at radius 3 is 2.88 bits per heavy atom. The Kier molecular flexibility index (Phi) is 3.19. The van der Waals surface area contributed by atoms with Gasteiger partial charge in [0.2, 0.25) is 0 Å². The molecule has 0 saturated carbocycles. The van der Waals surface area contributed by atoms with Crippen LogP contribution >= 0.6 is 0 Å². The van der Waals surface area contributed by atoms with Crippen LogP contribution in [0.1, 0.15) is 30.0 Å². The van der Waals surface area contributed by atoms with Crippen LogP contribution in [0, 0.1) is 12.3 Å². The van der Waals surface area contributed by atoms with E-state index in [2.05, 4.69) is 17.3 Å². The molecule has 1 fully saturated rings. The van der Waals surface area contributed by atoms with Crippen molar-refractivity contribution in [2.75, 3.05) is 19.8 Å². The zero-order chi connectivity index (χ0) is 12.5. The number of amides is 1. The van der Waals surface area contributed by atoms with Crippen LogP contribution in [0.3, 0.4) is 0 Å². The zero-order valence-electron chi connectivity index (χ0n) is 10.6. The number of hydrogen-bond donors (Lipinski definition) is 1. The number of aryl methyl sites for hydroxylation is 2. The maximum absolute atomic E-state index is 12.0. The van der Waals surface area contributed by atoms with E-state index in [1.165, 1.54) is 0 Å². The van der Waals surface area contributed by atoms with Gasteiger partial charge in [0.15, 0.2) is 0 Å². The molecule has 0 spiro atoms. The molecule has 2 heterocycles. The smallest absolute Gasteiger partial charge is 0.269 e. The molecular weight excluding hydrogens is 218 g/mol. The van der Waals surface area contributed by atoms with Crippen LogP contribution in [0.15, 0.2) is 6.07 Å². The summed E-state index contributed by atoms with van der Waals surface area (Å²) in [7, 11) is 0. The van der Waals surface area contributed by atoms with Gasteiger partial charge in [0.25, 0.3) is 5.91 Å². The second-order valence-corrected chi connectivity index (χ2v) is 4.97. The summed E-state index contributed by atoms with van der Waals surface area (Å²) in [6.45, 7) is 8.78. The van der Waals surface area contributed by atoms with E-state index in [1.807, 2.05) is 19.9 Å². The molecule has 1 aromatic rings. The second kappa shape index (κ2) is 4.49. The number of hydrogen-bond acceptors (Lipinski definition) is 3. The standard InChI is InChI=1S/C12H19N3O2/c1-4-15-10(5-9(2)14-15)11(16)13-6-12(3)7-17-8-12/h5H,4,6-8H2,1-3H3,(H,13,16). The highest BCUT2D eigenvalue weighted by atomic mass is 16.5. The quantitative estimate of drug-likeness (QED) is 0.849. The maximum atomic E-state index is 12.0. The van der Waals surface area contributed by atoms with E-state index in [0.717, 1.165) is 18.9 Å². The Bertz CT molecular complexity index is 421. The SMILES string of the molecule is CCn1nc(C)cc1C(=O)NCC1(C)COC1. The van der Waals surface area contributed by atoms with E-state index in [9.17, 15) is 4.79 Å². The third-order valence-corrected chi connectivity index (χ3v) is 3.01. The number of carbonyl (C=O) groups is 1. The first-order chi connectivity index (χ1) is 8.04. The summed E-state index contributed by atoms with van der Waals surface area (Å²) >= 11 is 0. The molecule has 0 bridgehead atoms. The highest BCUT2D eigenvalue weighted by molar-refractivity contribution is 5.92. The van der Waals surface area contributed by atoms with Crippen molar-refractivity contribution >= 4 is 5.91 Å². The van der Waals surface area contributed by atoms with Crippen LogP contribution in [0.5, 0.6) is 0 Å². The van der Waals surface area contributed by atoms with Crippen LogP contribution in [-0.2, 0) is 11.3 Å². The summed E-state index contributed by atoms with van der Waals surface area (Å²) in [4.78, 5) is 12.0. The summed E-state index contributed by atoms with van der Waals surface area (Å²) in [5.41, 5.74) is 1.60. The molecule has 17 heavy (non-hydrogen) atoms. The zero-order valence-corrected chi connectivity index (χ0v) is 10.6. The van der Waals surface area contributed by atoms with Gasteiger partial charge in [-0.3, -0.25) is 9.48 Å². The van der Waals surface area contributed by atoms with Crippen molar-refractivity contribution < 1.29 is 9.53 Å². The number of nitrogens with zero attached hydrogens (tertiary/aromatic N) is 2. The summed E-state index contributed by atoms with van der Waals surface area (Å²) in [6.07, 6.45) is 0. The van der Waals surface area contributed by atoms with Crippen molar-refractivity contribution in [3.8, 4) is 0 Å². The molecule has 0 atom stereocenters. The average molecular weight is 237 g/mol. The first-order valence-electron chi connectivity index (χ1n) is 5.94. The van der Waals surface area contributed by atoms with Crippen molar-refractivity contribution in [1.29, 1.82) is 0 Å². The van der Waals surface area contributed by atoms with Gasteiger partial charge in [-0.25, -0.2) is 0 Å². The van der Waals surface area contributed by atoms with E-state index < -0.39 is 0 Å². The lowest BCUT2D eigenvalue weighted by Crippen LogP contribution is -2.48. The fourth-order valence-electron chi connectivity index (χ4n) is 1.91. The maximum Gasteiger partial charge on any atom is 0.269 e. The van der Waals surface area contributed by atoms with Crippen LogP contribution < -0.4 is 5.32 Å². The Morgan fingerprint density at radius 1 is 1.65 bits per heavy atom. The molecule has 94 valence electrons. The largest absolute Gasteiger partial charge is 0.380 e. The summed E-state index contributed by atoms with van der Waals surface area (Å²) in [5.74, 6) is -0.0550.